The highest BCUT2D eigenvalue weighted by molar-refractivity contribution is 7.10. The minimum absolute atomic E-state index is 0.241. The van der Waals surface area contributed by atoms with E-state index in [2.05, 4.69) is 16.0 Å². The van der Waals surface area contributed by atoms with E-state index in [-0.39, 0.29) is 18.1 Å². The molecule has 1 aromatic heterocycles. The van der Waals surface area contributed by atoms with Crippen LogP contribution in [0.25, 0.3) is 11.3 Å². The number of ether oxygens (including phenoxy) is 1. The van der Waals surface area contributed by atoms with Gasteiger partial charge in [-0.25, -0.2) is 18.3 Å². The van der Waals surface area contributed by atoms with Crippen molar-refractivity contribution in [2.24, 2.45) is 10.7 Å². The van der Waals surface area contributed by atoms with Gasteiger partial charge in [0.1, 0.15) is 29.5 Å². The quantitative estimate of drug-likeness (QED) is 0.0597. The van der Waals surface area contributed by atoms with Crippen LogP contribution in [0.1, 0.15) is 65.4 Å². The van der Waals surface area contributed by atoms with Crippen LogP contribution < -0.4 is 10.5 Å². The van der Waals surface area contributed by atoms with Crippen LogP contribution in [0, 0.1) is 36.8 Å². The summed E-state index contributed by atoms with van der Waals surface area (Å²) in [5.74, 6) is -2.02. The number of aryl methyl sites for hydroxylation is 2. The summed E-state index contributed by atoms with van der Waals surface area (Å²) < 4.78 is 36.7. The van der Waals surface area contributed by atoms with Crippen LogP contribution in [0.3, 0.4) is 0 Å². The summed E-state index contributed by atoms with van der Waals surface area (Å²) in [5.41, 5.74) is 8.06. The first kappa shape index (κ1) is 34.1. The number of aliphatic hydroxyl groups is 1. The third-order valence-corrected chi connectivity index (χ3v) is 8.65. The number of nitriles is 1. The maximum absolute atomic E-state index is 15.2. The van der Waals surface area contributed by atoms with Gasteiger partial charge in [0.25, 0.3) is 0 Å². The molecule has 0 spiro atoms. The molecule has 3 N–H and O–H groups in total. The van der Waals surface area contributed by atoms with Crippen LogP contribution in [0.15, 0.2) is 65.0 Å². The van der Waals surface area contributed by atoms with Crippen molar-refractivity contribution in [3.8, 4) is 23.1 Å². The summed E-state index contributed by atoms with van der Waals surface area (Å²) in [7, 11) is 0. The Balaban J connectivity index is 1.59. The molecule has 0 saturated carbocycles. The highest BCUT2D eigenvalue weighted by atomic mass is 32.1. The molecule has 2 unspecified atom stereocenters. The first-order valence-electron chi connectivity index (χ1n) is 14.7. The zero-order valence-electron chi connectivity index (χ0n) is 26.1. The molecule has 11 heteroatoms. The number of hydrogen-bond donors (Lipinski definition) is 2. The lowest BCUT2D eigenvalue weighted by Crippen LogP contribution is -2.37. The second kappa shape index (κ2) is 15.0. The van der Waals surface area contributed by atoms with Crippen molar-refractivity contribution < 1.29 is 28.0 Å². The molecule has 0 aliphatic rings. The topological polar surface area (TPSA) is 125 Å². The van der Waals surface area contributed by atoms with E-state index in [1.165, 1.54) is 24.0 Å². The van der Waals surface area contributed by atoms with E-state index in [1.807, 2.05) is 38.3 Å². The van der Waals surface area contributed by atoms with Crippen LogP contribution in [0.2, 0.25) is 0 Å². The normalized spacial score (nSPS) is 13.7. The number of halogens is 2. The Labute approximate surface area is 271 Å². The predicted octanol–water partition coefficient (Wildman–Crippen LogP) is 6.50. The molecule has 1 heterocycles. The van der Waals surface area contributed by atoms with Gasteiger partial charge in [0, 0.05) is 28.8 Å². The second-order valence-corrected chi connectivity index (χ2v) is 12.0. The van der Waals surface area contributed by atoms with Gasteiger partial charge in [-0.15, -0.1) is 16.3 Å². The van der Waals surface area contributed by atoms with Gasteiger partial charge in [0.05, 0.1) is 28.9 Å². The van der Waals surface area contributed by atoms with Crippen LogP contribution >= 0.6 is 11.3 Å². The number of carbonyl (C=O) groups is 1. The fourth-order valence-electron chi connectivity index (χ4n) is 5.11. The van der Waals surface area contributed by atoms with Crippen LogP contribution in [0.4, 0.5) is 8.78 Å². The molecule has 8 nitrogen and oxygen atoms in total. The predicted molar refractivity (Wildman–Crippen MR) is 175 cm³/mol. The summed E-state index contributed by atoms with van der Waals surface area (Å²) in [4.78, 5) is 21.2. The molecule has 2 atom stereocenters. The average Bonchev–Trinajstić information content (AvgIpc) is 3.53. The molecular weight excluding hydrogens is 608 g/mol. The SMILES string of the molecule is CCCC(=O)Oc1c(C)cc(C[N+](C=NCC(O)(c2cc(F)ccc2F)C(C)c2nc(-c3ccc(C#N)cc3)cs2)=CN)cc1C. The molecule has 0 saturated heterocycles. The van der Waals surface area contributed by atoms with Gasteiger partial charge >= 0.3 is 5.97 Å². The lowest BCUT2D eigenvalue weighted by atomic mass is 9.82. The fraction of sp³-hybridized carbons (Fsp3) is 0.286. The molecule has 0 fully saturated rings. The number of thiazole rings is 1. The number of carbonyl (C=O) groups excluding carboxylic acids is 1. The van der Waals surface area contributed by atoms with E-state index in [0.29, 0.717) is 41.4 Å². The summed E-state index contributed by atoms with van der Waals surface area (Å²) in [6.07, 6.45) is 3.77. The number of benzene rings is 3. The van der Waals surface area contributed by atoms with Crippen molar-refractivity contribution in [2.45, 2.75) is 58.6 Å². The fourth-order valence-corrected chi connectivity index (χ4v) is 6.08. The highest BCUT2D eigenvalue weighted by Gasteiger charge is 2.42. The van der Waals surface area contributed by atoms with E-state index >= 15 is 4.39 Å². The van der Waals surface area contributed by atoms with Crippen molar-refractivity contribution in [2.75, 3.05) is 6.54 Å². The second-order valence-electron chi connectivity index (χ2n) is 11.1. The number of aromatic nitrogens is 1. The van der Waals surface area contributed by atoms with Gasteiger partial charge in [-0.1, -0.05) is 26.0 Å². The zero-order chi connectivity index (χ0) is 33.4. The monoisotopic (exact) mass is 644 g/mol. The van der Waals surface area contributed by atoms with Gasteiger partial charge < -0.3 is 15.6 Å². The Bertz CT molecular complexity index is 1790. The van der Waals surface area contributed by atoms with Gasteiger partial charge in [-0.3, -0.25) is 4.79 Å². The summed E-state index contributed by atoms with van der Waals surface area (Å²) in [5, 5.41) is 23.5. The maximum Gasteiger partial charge on any atom is 0.311 e. The number of rotatable bonds is 12. The zero-order valence-corrected chi connectivity index (χ0v) is 26.9. The molecule has 3 aromatic carbocycles. The summed E-state index contributed by atoms with van der Waals surface area (Å²) in [6.45, 7) is 7.30. The van der Waals surface area contributed by atoms with Gasteiger partial charge in [-0.2, -0.15) is 5.26 Å². The van der Waals surface area contributed by atoms with Gasteiger partial charge in [0.15, 0.2) is 6.34 Å². The third-order valence-electron chi connectivity index (χ3n) is 7.62. The lowest BCUT2D eigenvalue weighted by Gasteiger charge is -2.31. The van der Waals surface area contributed by atoms with Crippen molar-refractivity contribution in [3.63, 3.8) is 0 Å². The largest absolute Gasteiger partial charge is 0.426 e. The van der Waals surface area contributed by atoms with Crippen LogP contribution in [-0.4, -0.2) is 39.9 Å². The van der Waals surface area contributed by atoms with E-state index < -0.39 is 23.2 Å². The molecule has 238 valence electrons. The summed E-state index contributed by atoms with van der Waals surface area (Å²) >= 11 is 1.28. The van der Waals surface area contributed by atoms with Crippen LogP contribution in [0.5, 0.6) is 5.75 Å². The molecule has 0 aliphatic heterocycles. The van der Waals surface area contributed by atoms with Crippen molar-refractivity contribution >= 4 is 30.0 Å². The van der Waals surface area contributed by atoms with E-state index in [9.17, 15) is 14.3 Å². The first-order valence-corrected chi connectivity index (χ1v) is 15.6. The third kappa shape index (κ3) is 7.88. The summed E-state index contributed by atoms with van der Waals surface area (Å²) in [6, 6.07) is 15.7. The Morgan fingerprint density at radius 3 is 2.52 bits per heavy atom. The van der Waals surface area contributed by atoms with Crippen molar-refractivity contribution in [1.82, 2.24) is 4.98 Å². The van der Waals surface area contributed by atoms with Gasteiger partial charge in [0.2, 0.25) is 6.34 Å². The molecule has 0 amide bonds. The molecule has 4 aromatic rings. The standard InChI is InChI=1S/C35H35F2N5O3S/c1-5-6-32(43)45-33-22(2)13-26(14-23(33)3)17-42(20-39)21-40-19-35(44,29-15-28(36)11-12-30(29)37)24(4)34-41-31(18-46-34)27-9-7-25(16-38)8-10-27/h7-15,18,20-21,24,39,44H,5-6,17,19H2,1-4H3/p+1. The van der Waals surface area contributed by atoms with E-state index in [1.54, 1.807) is 35.8 Å². The minimum atomic E-state index is -1.97. The number of nitrogens with two attached hydrogens (primary N) is 1. The highest BCUT2D eigenvalue weighted by Crippen LogP contribution is 2.41. The number of aliphatic imine (C=N–C) groups is 1. The van der Waals surface area contributed by atoms with E-state index in [4.69, 9.17) is 15.7 Å². The molecule has 0 radical (unpaired) electrons. The lowest BCUT2D eigenvalue weighted by molar-refractivity contribution is -0.412. The maximum atomic E-state index is 15.2. The Morgan fingerprint density at radius 1 is 1.20 bits per heavy atom. The van der Waals surface area contributed by atoms with E-state index in [0.717, 1.165) is 40.5 Å². The molecule has 0 aliphatic carbocycles. The molecular formula is C35H36F2N5O3S+. The molecule has 0 bridgehead atoms. The molecule has 4 rings (SSSR count). The number of nitrogens with zero attached hydrogens (tertiary/aromatic N) is 4. The van der Waals surface area contributed by atoms with Crippen LogP contribution in [-0.2, 0) is 16.9 Å². The number of esters is 1. The van der Waals surface area contributed by atoms with Gasteiger partial charge in [-0.05, 0) is 79.4 Å². The Kier molecular flexibility index (Phi) is 11.1. The smallest absolute Gasteiger partial charge is 0.311 e. The Morgan fingerprint density at radius 2 is 1.89 bits per heavy atom. The van der Waals surface area contributed by atoms with Crippen molar-refractivity contribution in [3.05, 3.63) is 104 Å². The number of hydrogen-bond acceptors (Lipinski definition) is 7. The minimum Gasteiger partial charge on any atom is -0.426 e. The molecule has 46 heavy (non-hydrogen) atoms. The average molecular weight is 645 g/mol. The first-order chi connectivity index (χ1) is 22.0. The van der Waals surface area contributed by atoms with Crippen molar-refractivity contribution in [1.29, 1.82) is 5.26 Å². The Hall–Kier alpha value is -4.79.